The van der Waals surface area contributed by atoms with Crippen molar-refractivity contribution >= 4 is 29.1 Å². The SMILES string of the molecule is COc1ccc(CNC(=O)[C@@H]2[C@H](C=C(Cl)Cl)C2(C)C)cc1. The Morgan fingerprint density at radius 3 is 2.48 bits per heavy atom. The summed E-state index contributed by atoms with van der Waals surface area (Å²) in [6.07, 6.45) is 1.75. The van der Waals surface area contributed by atoms with Gasteiger partial charge in [-0.2, -0.15) is 0 Å². The minimum Gasteiger partial charge on any atom is -0.497 e. The van der Waals surface area contributed by atoms with E-state index in [-0.39, 0.29) is 27.6 Å². The van der Waals surface area contributed by atoms with Gasteiger partial charge in [0.2, 0.25) is 5.91 Å². The standard InChI is InChI=1S/C16H19Cl2NO2/c1-16(2)12(8-13(17)18)14(16)15(20)19-9-10-4-6-11(21-3)7-5-10/h4-8,12,14H,9H2,1-3H3,(H,19,20)/t12-,14-/m0/s1. The number of carbonyl (C=O) groups excluding carboxylic acids is 1. The Balaban J connectivity index is 1.92. The zero-order chi connectivity index (χ0) is 15.6. The molecule has 114 valence electrons. The van der Waals surface area contributed by atoms with E-state index in [0.717, 1.165) is 11.3 Å². The normalized spacial score (nSPS) is 22.3. The van der Waals surface area contributed by atoms with Crippen LogP contribution in [0.1, 0.15) is 19.4 Å². The van der Waals surface area contributed by atoms with E-state index in [0.29, 0.717) is 6.54 Å². The molecule has 21 heavy (non-hydrogen) atoms. The summed E-state index contributed by atoms with van der Waals surface area (Å²) < 4.78 is 5.32. The molecule has 3 nitrogen and oxygen atoms in total. The topological polar surface area (TPSA) is 38.3 Å². The van der Waals surface area contributed by atoms with Gasteiger partial charge in [-0.1, -0.05) is 49.2 Å². The predicted molar refractivity (Wildman–Crippen MR) is 85.4 cm³/mol. The third-order valence-corrected chi connectivity index (χ3v) is 4.38. The van der Waals surface area contributed by atoms with E-state index in [2.05, 4.69) is 5.32 Å². The van der Waals surface area contributed by atoms with Crippen LogP contribution in [0.5, 0.6) is 5.75 Å². The van der Waals surface area contributed by atoms with Gasteiger partial charge >= 0.3 is 0 Å². The van der Waals surface area contributed by atoms with E-state index in [9.17, 15) is 4.79 Å². The lowest BCUT2D eigenvalue weighted by atomic mass is 10.1. The first-order valence-corrected chi connectivity index (χ1v) is 7.55. The number of halogens is 2. The van der Waals surface area contributed by atoms with Crippen molar-refractivity contribution < 1.29 is 9.53 Å². The van der Waals surface area contributed by atoms with Crippen molar-refractivity contribution in [3.63, 3.8) is 0 Å². The molecule has 1 fully saturated rings. The first-order chi connectivity index (χ1) is 9.86. The maximum atomic E-state index is 12.3. The summed E-state index contributed by atoms with van der Waals surface area (Å²) in [5, 5.41) is 2.96. The minimum atomic E-state index is -0.0982. The summed E-state index contributed by atoms with van der Waals surface area (Å²) >= 11 is 11.4. The van der Waals surface area contributed by atoms with Crippen molar-refractivity contribution in [1.29, 1.82) is 0 Å². The molecule has 0 heterocycles. The lowest BCUT2D eigenvalue weighted by Crippen LogP contribution is -2.26. The molecule has 5 heteroatoms. The first-order valence-electron chi connectivity index (χ1n) is 6.79. The summed E-state index contributed by atoms with van der Waals surface area (Å²) in [5.41, 5.74) is 0.934. The molecule has 0 aliphatic heterocycles. The molecule has 1 aliphatic carbocycles. The molecule has 0 spiro atoms. The van der Waals surface area contributed by atoms with Crippen LogP contribution < -0.4 is 10.1 Å². The fourth-order valence-electron chi connectivity index (χ4n) is 2.67. The van der Waals surface area contributed by atoms with E-state index in [1.54, 1.807) is 13.2 Å². The maximum absolute atomic E-state index is 12.3. The lowest BCUT2D eigenvalue weighted by molar-refractivity contribution is -0.123. The lowest BCUT2D eigenvalue weighted by Gasteiger charge is -2.07. The predicted octanol–water partition coefficient (Wildman–Crippen LogP) is 3.90. The number of nitrogens with one attached hydrogen (secondary N) is 1. The van der Waals surface area contributed by atoms with Crippen molar-refractivity contribution in [2.45, 2.75) is 20.4 Å². The molecule has 1 N–H and O–H groups in total. The van der Waals surface area contributed by atoms with Gasteiger partial charge in [0.25, 0.3) is 0 Å². The van der Waals surface area contributed by atoms with Crippen LogP contribution in [-0.4, -0.2) is 13.0 Å². The zero-order valence-electron chi connectivity index (χ0n) is 12.3. The number of carbonyl (C=O) groups is 1. The van der Waals surface area contributed by atoms with Gasteiger partial charge in [0, 0.05) is 6.54 Å². The molecule has 1 aromatic rings. The van der Waals surface area contributed by atoms with Crippen LogP contribution in [-0.2, 0) is 11.3 Å². The van der Waals surface area contributed by atoms with Crippen molar-refractivity contribution in [2.24, 2.45) is 17.3 Å². The van der Waals surface area contributed by atoms with E-state index in [1.807, 2.05) is 38.1 Å². The summed E-state index contributed by atoms with van der Waals surface area (Å²) in [6.45, 7) is 4.59. The number of ether oxygens (including phenoxy) is 1. The maximum Gasteiger partial charge on any atom is 0.224 e. The third kappa shape index (κ3) is 3.72. The molecule has 1 aliphatic rings. The molecule has 2 atom stereocenters. The van der Waals surface area contributed by atoms with Crippen LogP contribution in [0, 0.1) is 17.3 Å². The molecule has 0 bridgehead atoms. The number of amides is 1. The highest BCUT2D eigenvalue weighted by atomic mass is 35.5. The number of hydrogen-bond donors (Lipinski definition) is 1. The molecule has 0 aromatic heterocycles. The second-order valence-electron chi connectivity index (χ2n) is 5.85. The number of allylic oxidation sites excluding steroid dienone is 1. The fourth-order valence-corrected chi connectivity index (χ4v) is 2.94. The summed E-state index contributed by atoms with van der Waals surface area (Å²) in [4.78, 5) is 12.3. The molecular formula is C16H19Cl2NO2. The quantitative estimate of drug-likeness (QED) is 0.890. The average molecular weight is 328 g/mol. The number of rotatable bonds is 5. The Morgan fingerprint density at radius 2 is 1.95 bits per heavy atom. The highest BCUT2D eigenvalue weighted by Gasteiger charge is 2.60. The van der Waals surface area contributed by atoms with Gasteiger partial charge < -0.3 is 10.1 Å². The van der Waals surface area contributed by atoms with Crippen LogP contribution in [0.4, 0.5) is 0 Å². The Hall–Kier alpha value is -1.19. The van der Waals surface area contributed by atoms with Crippen LogP contribution in [0.25, 0.3) is 0 Å². The first kappa shape index (κ1) is 16.2. The highest BCUT2D eigenvalue weighted by Crippen LogP contribution is 2.59. The van der Waals surface area contributed by atoms with E-state index in [4.69, 9.17) is 27.9 Å². The van der Waals surface area contributed by atoms with Crippen LogP contribution in [0.2, 0.25) is 0 Å². The Morgan fingerprint density at radius 1 is 1.33 bits per heavy atom. The van der Waals surface area contributed by atoms with Gasteiger partial charge in [0.15, 0.2) is 0 Å². The second kappa shape index (κ2) is 6.29. The molecule has 1 amide bonds. The van der Waals surface area contributed by atoms with Gasteiger partial charge in [-0.05, 0) is 35.1 Å². The molecule has 0 radical (unpaired) electrons. The Bertz CT molecular complexity index is 548. The summed E-state index contributed by atoms with van der Waals surface area (Å²) in [6, 6.07) is 7.62. The van der Waals surface area contributed by atoms with E-state index < -0.39 is 0 Å². The Kier molecular flexibility index (Phi) is 4.84. The average Bonchev–Trinajstić information content (AvgIpc) is 2.97. The number of benzene rings is 1. The largest absolute Gasteiger partial charge is 0.497 e. The van der Waals surface area contributed by atoms with Gasteiger partial charge in [0.1, 0.15) is 10.2 Å². The van der Waals surface area contributed by atoms with Crippen LogP contribution in [0.15, 0.2) is 34.8 Å². The van der Waals surface area contributed by atoms with Crippen LogP contribution >= 0.6 is 23.2 Å². The number of methoxy groups -OCH3 is 1. The van der Waals surface area contributed by atoms with Gasteiger partial charge in [-0.25, -0.2) is 0 Å². The molecule has 1 aromatic carbocycles. The fraction of sp³-hybridized carbons (Fsp3) is 0.438. The van der Waals surface area contributed by atoms with E-state index in [1.165, 1.54) is 0 Å². The van der Waals surface area contributed by atoms with Crippen LogP contribution in [0.3, 0.4) is 0 Å². The summed E-state index contributed by atoms with van der Waals surface area (Å²) in [5.74, 6) is 0.851. The van der Waals surface area contributed by atoms with Gasteiger partial charge in [0.05, 0.1) is 13.0 Å². The minimum absolute atomic E-state index is 0.0339. The molecule has 2 rings (SSSR count). The van der Waals surface area contributed by atoms with Crippen molar-refractivity contribution in [1.82, 2.24) is 5.32 Å². The zero-order valence-corrected chi connectivity index (χ0v) is 13.8. The van der Waals surface area contributed by atoms with Crippen molar-refractivity contribution in [3.8, 4) is 5.75 Å². The smallest absolute Gasteiger partial charge is 0.224 e. The number of hydrogen-bond acceptors (Lipinski definition) is 2. The van der Waals surface area contributed by atoms with E-state index >= 15 is 0 Å². The highest BCUT2D eigenvalue weighted by molar-refractivity contribution is 6.55. The third-order valence-electron chi connectivity index (χ3n) is 4.12. The van der Waals surface area contributed by atoms with Crippen molar-refractivity contribution in [3.05, 3.63) is 40.4 Å². The van der Waals surface area contributed by atoms with Gasteiger partial charge in [-0.3, -0.25) is 4.79 Å². The monoisotopic (exact) mass is 327 g/mol. The molecule has 0 saturated heterocycles. The Labute approximate surface area is 135 Å². The van der Waals surface area contributed by atoms with Crippen molar-refractivity contribution in [2.75, 3.05) is 7.11 Å². The van der Waals surface area contributed by atoms with Gasteiger partial charge in [-0.15, -0.1) is 0 Å². The second-order valence-corrected chi connectivity index (χ2v) is 6.85. The molecule has 0 unspecified atom stereocenters. The molecule has 1 saturated carbocycles. The molecular weight excluding hydrogens is 309 g/mol. The summed E-state index contributed by atoms with van der Waals surface area (Å²) in [7, 11) is 1.63.